The number of hydrogen-bond acceptors (Lipinski definition) is 6. The standard InChI is InChI=1S/C29H27N3O4S/c1-34-25-13-18(14-26(35-2)28(25)36-3)17-32-11-10-19-6-7-21(16-24(19)32)29(33)31-23-15-20(8-9-22(23)30)27-5-4-12-37-27/h4-16H,17,30H2,1-3H3,(H,31,33). The lowest BCUT2D eigenvalue weighted by Gasteiger charge is -2.15. The fourth-order valence-electron chi connectivity index (χ4n) is 4.34. The summed E-state index contributed by atoms with van der Waals surface area (Å²) < 4.78 is 18.5. The smallest absolute Gasteiger partial charge is 0.255 e. The number of fused-ring (bicyclic) bond motifs is 1. The normalized spacial score (nSPS) is 10.9. The molecule has 1 amide bonds. The molecule has 3 N–H and O–H groups in total. The van der Waals surface area contributed by atoms with E-state index in [0.29, 0.717) is 40.7 Å². The fourth-order valence-corrected chi connectivity index (χ4v) is 5.07. The van der Waals surface area contributed by atoms with Crippen molar-refractivity contribution in [3.8, 4) is 27.7 Å². The predicted molar refractivity (Wildman–Crippen MR) is 149 cm³/mol. The molecule has 0 spiro atoms. The van der Waals surface area contributed by atoms with Gasteiger partial charge in [0.25, 0.3) is 5.91 Å². The summed E-state index contributed by atoms with van der Waals surface area (Å²) in [5, 5.41) is 6.03. The molecule has 0 aliphatic heterocycles. The molecule has 0 unspecified atom stereocenters. The average molecular weight is 514 g/mol. The van der Waals surface area contributed by atoms with Crippen molar-refractivity contribution in [2.45, 2.75) is 6.54 Å². The van der Waals surface area contributed by atoms with Crippen LogP contribution in [0.1, 0.15) is 15.9 Å². The predicted octanol–water partition coefficient (Wildman–Crippen LogP) is 6.28. The third kappa shape index (κ3) is 4.83. The first-order valence-corrected chi connectivity index (χ1v) is 12.5. The van der Waals surface area contributed by atoms with Gasteiger partial charge in [0.05, 0.1) is 32.7 Å². The van der Waals surface area contributed by atoms with E-state index in [0.717, 1.165) is 26.9 Å². The number of thiophene rings is 1. The number of nitrogens with one attached hydrogen (secondary N) is 1. The third-order valence-electron chi connectivity index (χ3n) is 6.22. The zero-order chi connectivity index (χ0) is 25.9. The molecule has 5 aromatic rings. The number of carbonyl (C=O) groups is 1. The van der Waals surface area contributed by atoms with E-state index < -0.39 is 0 Å². The van der Waals surface area contributed by atoms with E-state index in [-0.39, 0.29) is 5.91 Å². The van der Waals surface area contributed by atoms with Crippen LogP contribution in [0.25, 0.3) is 21.3 Å². The molecule has 0 atom stereocenters. The van der Waals surface area contributed by atoms with Gasteiger partial charge in [-0.15, -0.1) is 11.3 Å². The Labute approximate surface area is 219 Å². The Morgan fingerprint density at radius 2 is 1.73 bits per heavy atom. The highest BCUT2D eigenvalue weighted by molar-refractivity contribution is 7.13. The van der Waals surface area contributed by atoms with E-state index in [9.17, 15) is 4.79 Å². The van der Waals surface area contributed by atoms with Gasteiger partial charge in [0.2, 0.25) is 5.75 Å². The SMILES string of the molecule is COc1cc(Cn2ccc3ccc(C(=O)Nc4cc(-c5cccs5)ccc4N)cc32)cc(OC)c1OC. The minimum atomic E-state index is -0.225. The molecular formula is C29H27N3O4S. The number of nitrogens with zero attached hydrogens (tertiary/aromatic N) is 1. The van der Waals surface area contributed by atoms with Gasteiger partial charge in [-0.1, -0.05) is 18.2 Å². The molecule has 8 heteroatoms. The molecule has 2 heterocycles. The molecule has 0 bridgehead atoms. The lowest BCUT2D eigenvalue weighted by molar-refractivity contribution is 0.102. The molecule has 0 aliphatic carbocycles. The van der Waals surface area contributed by atoms with Gasteiger partial charge in [-0.2, -0.15) is 0 Å². The first-order valence-electron chi connectivity index (χ1n) is 11.6. The van der Waals surface area contributed by atoms with Crippen LogP contribution in [0.2, 0.25) is 0 Å². The number of methoxy groups -OCH3 is 3. The summed E-state index contributed by atoms with van der Waals surface area (Å²) in [5.74, 6) is 1.51. The Kier molecular flexibility index (Phi) is 6.74. The second-order valence-electron chi connectivity index (χ2n) is 8.48. The van der Waals surface area contributed by atoms with Crippen LogP contribution in [0, 0.1) is 0 Å². The Balaban J connectivity index is 1.43. The average Bonchev–Trinajstić information content (AvgIpc) is 3.60. The lowest BCUT2D eigenvalue weighted by Crippen LogP contribution is -2.13. The van der Waals surface area contributed by atoms with Crippen LogP contribution >= 0.6 is 11.3 Å². The number of hydrogen-bond donors (Lipinski definition) is 2. The Morgan fingerprint density at radius 3 is 2.41 bits per heavy atom. The molecule has 37 heavy (non-hydrogen) atoms. The van der Waals surface area contributed by atoms with Crippen molar-refractivity contribution >= 4 is 39.5 Å². The zero-order valence-electron chi connectivity index (χ0n) is 20.8. The van der Waals surface area contributed by atoms with Gasteiger partial charge in [-0.05, 0) is 70.4 Å². The largest absolute Gasteiger partial charge is 0.493 e. The van der Waals surface area contributed by atoms with Crippen molar-refractivity contribution < 1.29 is 19.0 Å². The molecule has 3 aromatic carbocycles. The summed E-state index contributed by atoms with van der Waals surface area (Å²) in [5.41, 5.74) is 10.7. The maximum Gasteiger partial charge on any atom is 0.255 e. The van der Waals surface area contributed by atoms with Crippen molar-refractivity contribution in [2.75, 3.05) is 32.4 Å². The van der Waals surface area contributed by atoms with Gasteiger partial charge in [0.15, 0.2) is 11.5 Å². The third-order valence-corrected chi connectivity index (χ3v) is 7.14. The second-order valence-corrected chi connectivity index (χ2v) is 9.43. The molecular weight excluding hydrogens is 486 g/mol. The van der Waals surface area contributed by atoms with Gasteiger partial charge in [-0.25, -0.2) is 0 Å². The van der Waals surface area contributed by atoms with Crippen LogP contribution in [0.5, 0.6) is 17.2 Å². The number of aromatic nitrogens is 1. The van der Waals surface area contributed by atoms with Gasteiger partial charge in [0, 0.05) is 28.7 Å². The number of anilines is 2. The Bertz CT molecular complexity index is 1550. The first-order chi connectivity index (χ1) is 18.0. The molecule has 2 aromatic heterocycles. The van der Waals surface area contributed by atoms with E-state index >= 15 is 0 Å². The number of nitrogens with two attached hydrogens (primary N) is 1. The van der Waals surface area contributed by atoms with Crippen LogP contribution in [-0.4, -0.2) is 31.8 Å². The number of rotatable bonds is 8. The molecule has 7 nitrogen and oxygen atoms in total. The fraction of sp³-hybridized carbons (Fsp3) is 0.138. The highest BCUT2D eigenvalue weighted by atomic mass is 32.1. The van der Waals surface area contributed by atoms with Crippen LogP contribution in [0.4, 0.5) is 11.4 Å². The number of nitrogen functional groups attached to an aromatic ring is 1. The van der Waals surface area contributed by atoms with E-state index in [1.54, 1.807) is 32.7 Å². The molecule has 188 valence electrons. The molecule has 0 saturated carbocycles. The van der Waals surface area contributed by atoms with Gasteiger partial charge in [0.1, 0.15) is 0 Å². The summed E-state index contributed by atoms with van der Waals surface area (Å²) in [6, 6.07) is 21.2. The number of carbonyl (C=O) groups excluding carboxylic acids is 1. The minimum absolute atomic E-state index is 0.225. The molecule has 0 radical (unpaired) electrons. The van der Waals surface area contributed by atoms with Crippen LogP contribution in [0.3, 0.4) is 0 Å². The van der Waals surface area contributed by atoms with E-state index in [2.05, 4.69) is 9.88 Å². The lowest BCUT2D eigenvalue weighted by atomic mass is 10.1. The maximum atomic E-state index is 13.2. The van der Waals surface area contributed by atoms with Crippen LogP contribution < -0.4 is 25.3 Å². The molecule has 0 aliphatic rings. The van der Waals surface area contributed by atoms with Crippen molar-refractivity contribution in [3.05, 3.63) is 89.4 Å². The van der Waals surface area contributed by atoms with E-state index in [1.807, 2.05) is 78.3 Å². The summed E-state index contributed by atoms with van der Waals surface area (Å²) >= 11 is 1.64. The molecule has 0 fully saturated rings. The van der Waals surface area contributed by atoms with E-state index in [1.165, 1.54) is 0 Å². The van der Waals surface area contributed by atoms with Gasteiger partial charge in [-0.3, -0.25) is 4.79 Å². The highest BCUT2D eigenvalue weighted by Crippen LogP contribution is 2.38. The summed E-state index contributed by atoms with van der Waals surface area (Å²) in [4.78, 5) is 14.3. The van der Waals surface area contributed by atoms with Crippen molar-refractivity contribution in [3.63, 3.8) is 0 Å². The number of ether oxygens (including phenoxy) is 3. The Morgan fingerprint density at radius 1 is 0.946 bits per heavy atom. The quantitative estimate of drug-likeness (QED) is 0.239. The second kappa shape index (κ2) is 10.3. The summed E-state index contributed by atoms with van der Waals surface area (Å²) in [7, 11) is 4.78. The Hall–Kier alpha value is -4.43. The maximum absolute atomic E-state index is 13.2. The van der Waals surface area contributed by atoms with Crippen molar-refractivity contribution in [2.24, 2.45) is 0 Å². The monoisotopic (exact) mass is 513 g/mol. The zero-order valence-corrected chi connectivity index (χ0v) is 21.6. The van der Waals surface area contributed by atoms with Gasteiger partial charge < -0.3 is 29.8 Å². The van der Waals surface area contributed by atoms with E-state index in [4.69, 9.17) is 19.9 Å². The number of amides is 1. The van der Waals surface area contributed by atoms with Crippen molar-refractivity contribution in [1.82, 2.24) is 4.57 Å². The summed E-state index contributed by atoms with van der Waals surface area (Å²) in [6.07, 6.45) is 2.00. The summed E-state index contributed by atoms with van der Waals surface area (Å²) in [6.45, 7) is 0.557. The van der Waals surface area contributed by atoms with Crippen LogP contribution in [0.15, 0.2) is 78.3 Å². The van der Waals surface area contributed by atoms with Crippen LogP contribution in [-0.2, 0) is 6.54 Å². The molecule has 0 saturated heterocycles. The number of benzene rings is 3. The highest BCUT2D eigenvalue weighted by Gasteiger charge is 2.15. The first kappa shape index (κ1) is 24.3. The van der Waals surface area contributed by atoms with Crippen molar-refractivity contribution in [1.29, 1.82) is 0 Å². The molecule has 5 rings (SSSR count). The van der Waals surface area contributed by atoms with Gasteiger partial charge >= 0.3 is 0 Å². The topological polar surface area (TPSA) is 87.7 Å². The minimum Gasteiger partial charge on any atom is -0.493 e.